The van der Waals surface area contributed by atoms with Crippen molar-refractivity contribution in [3.63, 3.8) is 0 Å². The molecule has 0 bridgehead atoms. The molecule has 1 heterocycles. The van der Waals surface area contributed by atoms with Gasteiger partial charge in [-0.15, -0.1) is 0 Å². The third-order valence-corrected chi connectivity index (χ3v) is 4.50. The molecule has 2 aromatic carbocycles. The summed E-state index contributed by atoms with van der Waals surface area (Å²) in [6.45, 7) is 0. The van der Waals surface area contributed by atoms with E-state index in [0.717, 1.165) is 11.1 Å². The molecule has 138 valence electrons. The molecule has 3 rings (SSSR count). The lowest BCUT2D eigenvalue weighted by atomic mass is 10.0. The topological polar surface area (TPSA) is 101 Å². The Balaban J connectivity index is 1.86. The number of aromatic amines is 1. The lowest BCUT2D eigenvalue weighted by molar-refractivity contribution is -0.118. The first-order valence-electron chi connectivity index (χ1n) is 8.08. The molecule has 3 aromatic rings. The molecule has 0 aliphatic carbocycles. The summed E-state index contributed by atoms with van der Waals surface area (Å²) in [6.07, 6.45) is 1.39. The van der Waals surface area contributed by atoms with Gasteiger partial charge in [-0.1, -0.05) is 47.5 Å². The Hall–Kier alpha value is -2.83. The fraction of sp³-hybridized carbons (Fsp3) is 0.105. The highest BCUT2D eigenvalue weighted by atomic mass is 35.5. The van der Waals surface area contributed by atoms with Gasteiger partial charge < -0.3 is 11.1 Å². The molecule has 1 aromatic heterocycles. The van der Waals surface area contributed by atoms with E-state index in [4.69, 9.17) is 28.9 Å². The number of hydrogen-bond acceptors (Lipinski definition) is 3. The van der Waals surface area contributed by atoms with Gasteiger partial charge in [0.25, 0.3) is 5.91 Å². The normalized spacial score (nSPS) is 11.8. The smallest absolute Gasteiger partial charge is 0.255 e. The standard InChI is InChI=1S/C19H16Cl2N4O2/c20-13-5-1-11(2-6-13)16(9-17(22)26)24-19(27)15-10-23-25-18(15)12-3-7-14(21)8-4-12/h1-8,10,16H,9H2,(H2,22,26)(H,23,25)(H,24,27)/t16-/m1/s1. The molecule has 0 radical (unpaired) electrons. The number of carbonyl (C=O) groups excluding carboxylic acids is 2. The van der Waals surface area contributed by atoms with E-state index in [1.54, 1.807) is 48.5 Å². The molecule has 0 saturated heterocycles. The molecule has 0 unspecified atom stereocenters. The third-order valence-electron chi connectivity index (χ3n) is 4.00. The quantitative estimate of drug-likeness (QED) is 0.585. The largest absolute Gasteiger partial charge is 0.370 e. The molecular weight excluding hydrogens is 387 g/mol. The maximum atomic E-state index is 12.8. The van der Waals surface area contributed by atoms with Crippen LogP contribution in [0.4, 0.5) is 0 Å². The van der Waals surface area contributed by atoms with Gasteiger partial charge in [0.2, 0.25) is 5.91 Å². The van der Waals surface area contributed by atoms with Gasteiger partial charge in [-0.05, 0) is 29.8 Å². The monoisotopic (exact) mass is 402 g/mol. The van der Waals surface area contributed by atoms with E-state index >= 15 is 0 Å². The Morgan fingerprint density at radius 3 is 2.22 bits per heavy atom. The number of hydrogen-bond donors (Lipinski definition) is 3. The van der Waals surface area contributed by atoms with Crippen molar-refractivity contribution in [3.8, 4) is 11.3 Å². The highest BCUT2D eigenvalue weighted by molar-refractivity contribution is 6.30. The number of nitrogens with one attached hydrogen (secondary N) is 2. The van der Waals surface area contributed by atoms with Gasteiger partial charge in [-0.25, -0.2) is 0 Å². The number of aromatic nitrogens is 2. The number of rotatable bonds is 6. The second kappa shape index (κ2) is 8.24. The number of nitrogens with two attached hydrogens (primary N) is 1. The van der Waals surface area contributed by atoms with Crippen molar-refractivity contribution in [1.29, 1.82) is 0 Å². The van der Waals surface area contributed by atoms with Crippen LogP contribution in [0.1, 0.15) is 28.4 Å². The van der Waals surface area contributed by atoms with Gasteiger partial charge in [0.1, 0.15) is 0 Å². The second-order valence-corrected chi connectivity index (χ2v) is 6.79. The van der Waals surface area contributed by atoms with Crippen LogP contribution in [0, 0.1) is 0 Å². The van der Waals surface area contributed by atoms with Crippen LogP contribution >= 0.6 is 23.2 Å². The van der Waals surface area contributed by atoms with Crippen molar-refractivity contribution in [2.75, 3.05) is 0 Å². The first kappa shape index (κ1) is 18.9. The Kier molecular flexibility index (Phi) is 5.78. The average Bonchev–Trinajstić information content (AvgIpc) is 3.12. The van der Waals surface area contributed by atoms with Crippen LogP contribution in [0.2, 0.25) is 10.0 Å². The van der Waals surface area contributed by atoms with Gasteiger partial charge >= 0.3 is 0 Å². The summed E-state index contributed by atoms with van der Waals surface area (Å²) in [5, 5.41) is 10.8. The molecule has 0 aliphatic heterocycles. The Morgan fingerprint density at radius 2 is 1.63 bits per heavy atom. The van der Waals surface area contributed by atoms with Gasteiger partial charge in [0.15, 0.2) is 0 Å². The number of primary amides is 1. The molecule has 2 amide bonds. The van der Waals surface area contributed by atoms with Gasteiger partial charge in [0, 0.05) is 15.6 Å². The van der Waals surface area contributed by atoms with Crippen LogP contribution in [0.3, 0.4) is 0 Å². The molecule has 27 heavy (non-hydrogen) atoms. The first-order chi connectivity index (χ1) is 12.9. The van der Waals surface area contributed by atoms with E-state index < -0.39 is 11.9 Å². The lowest BCUT2D eigenvalue weighted by Gasteiger charge is -2.18. The minimum Gasteiger partial charge on any atom is -0.370 e. The molecule has 8 heteroatoms. The molecule has 6 nitrogen and oxygen atoms in total. The van der Waals surface area contributed by atoms with Crippen molar-refractivity contribution < 1.29 is 9.59 Å². The lowest BCUT2D eigenvalue weighted by Crippen LogP contribution is -2.31. The number of nitrogens with zero attached hydrogens (tertiary/aromatic N) is 1. The number of H-pyrrole nitrogens is 1. The molecule has 0 spiro atoms. The van der Waals surface area contributed by atoms with E-state index in [2.05, 4.69) is 15.5 Å². The number of halogens is 2. The van der Waals surface area contributed by atoms with E-state index in [9.17, 15) is 9.59 Å². The predicted octanol–water partition coefficient (Wildman–Crippen LogP) is 3.73. The summed E-state index contributed by atoms with van der Waals surface area (Å²) < 4.78 is 0. The van der Waals surface area contributed by atoms with E-state index in [1.165, 1.54) is 6.20 Å². The van der Waals surface area contributed by atoms with Gasteiger partial charge in [-0.3, -0.25) is 14.7 Å². The summed E-state index contributed by atoms with van der Waals surface area (Å²) in [5.74, 6) is -0.907. The average molecular weight is 403 g/mol. The second-order valence-electron chi connectivity index (χ2n) is 5.91. The van der Waals surface area contributed by atoms with Crippen molar-refractivity contribution in [1.82, 2.24) is 15.5 Å². The summed E-state index contributed by atoms with van der Waals surface area (Å²) in [4.78, 5) is 24.3. The zero-order chi connectivity index (χ0) is 19.4. The van der Waals surface area contributed by atoms with Crippen LogP contribution in [-0.4, -0.2) is 22.0 Å². The molecule has 1 atom stereocenters. The van der Waals surface area contributed by atoms with Crippen LogP contribution < -0.4 is 11.1 Å². The van der Waals surface area contributed by atoms with Gasteiger partial charge in [-0.2, -0.15) is 5.10 Å². The van der Waals surface area contributed by atoms with E-state index in [1.807, 2.05) is 0 Å². The molecule has 0 fully saturated rings. The highest BCUT2D eigenvalue weighted by Crippen LogP contribution is 2.25. The zero-order valence-electron chi connectivity index (χ0n) is 14.1. The van der Waals surface area contributed by atoms with Crippen molar-refractivity contribution in [2.24, 2.45) is 5.73 Å². The minimum atomic E-state index is -0.583. The summed E-state index contributed by atoms with van der Waals surface area (Å²) in [5.41, 5.74) is 7.73. The third kappa shape index (κ3) is 4.67. The minimum absolute atomic E-state index is 0.0402. The molecular formula is C19H16Cl2N4O2. The van der Waals surface area contributed by atoms with E-state index in [0.29, 0.717) is 21.3 Å². The van der Waals surface area contributed by atoms with Crippen LogP contribution in [0.15, 0.2) is 54.7 Å². The van der Waals surface area contributed by atoms with E-state index in [-0.39, 0.29) is 12.3 Å². The van der Waals surface area contributed by atoms with Crippen LogP contribution in [0.25, 0.3) is 11.3 Å². The van der Waals surface area contributed by atoms with Crippen molar-refractivity contribution in [2.45, 2.75) is 12.5 Å². The van der Waals surface area contributed by atoms with Crippen molar-refractivity contribution >= 4 is 35.0 Å². The van der Waals surface area contributed by atoms with Gasteiger partial charge in [0.05, 0.1) is 29.9 Å². The number of benzene rings is 2. The first-order valence-corrected chi connectivity index (χ1v) is 8.83. The highest BCUT2D eigenvalue weighted by Gasteiger charge is 2.21. The summed E-state index contributed by atoms with van der Waals surface area (Å²) >= 11 is 11.8. The number of amides is 2. The Morgan fingerprint density at radius 1 is 1.04 bits per heavy atom. The maximum Gasteiger partial charge on any atom is 0.255 e. The van der Waals surface area contributed by atoms with Crippen LogP contribution in [-0.2, 0) is 4.79 Å². The zero-order valence-corrected chi connectivity index (χ0v) is 15.6. The Bertz CT molecular complexity index is 953. The summed E-state index contributed by atoms with van der Waals surface area (Å²) in [6, 6.07) is 13.3. The molecule has 0 aliphatic rings. The Labute approximate surface area is 165 Å². The molecule has 0 saturated carbocycles. The molecule has 4 N–H and O–H groups in total. The maximum absolute atomic E-state index is 12.8. The fourth-order valence-corrected chi connectivity index (χ4v) is 2.93. The fourth-order valence-electron chi connectivity index (χ4n) is 2.68. The van der Waals surface area contributed by atoms with Crippen LogP contribution in [0.5, 0.6) is 0 Å². The number of carbonyl (C=O) groups is 2. The predicted molar refractivity (Wildman–Crippen MR) is 105 cm³/mol. The summed E-state index contributed by atoms with van der Waals surface area (Å²) in [7, 11) is 0. The van der Waals surface area contributed by atoms with Crippen molar-refractivity contribution in [3.05, 3.63) is 75.9 Å². The SMILES string of the molecule is NC(=O)C[C@@H](NC(=O)c1cn[nH]c1-c1ccc(Cl)cc1)c1ccc(Cl)cc1.